The summed E-state index contributed by atoms with van der Waals surface area (Å²) in [5.74, 6) is 0.596. The summed E-state index contributed by atoms with van der Waals surface area (Å²) in [6.07, 6.45) is 3.59. The van der Waals surface area contributed by atoms with Crippen molar-refractivity contribution >= 4 is 21.6 Å². The van der Waals surface area contributed by atoms with Crippen LogP contribution in [0.3, 0.4) is 0 Å². The molecule has 0 fully saturated rings. The topological polar surface area (TPSA) is 29.9 Å². The first kappa shape index (κ1) is 12.1. The second-order valence-corrected chi connectivity index (χ2v) is 4.80. The summed E-state index contributed by atoms with van der Waals surface area (Å²) < 4.78 is 16.3. The molecule has 0 spiro atoms. The first-order valence-corrected chi connectivity index (χ1v) is 6.06. The van der Waals surface area contributed by atoms with Crippen molar-refractivity contribution in [1.29, 1.82) is 0 Å². The van der Waals surface area contributed by atoms with E-state index >= 15 is 0 Å². The molecule has 17 heavy (non-hydrogen) atoms. The van der Waals surface area contributed by atoms with Gasteiger partial charge in [0.25, 0.3) is 0 Å². The Morgan fingerprint density at radius 2 is 2.24 bits per heavy atom. The van der Waals surface area contributed by atoms with E-state index in [0.29, 0.717) is 5.69 Å². The molecule has 0 amide bonds. The van der Waals surface area contributed by atoms with E-state index in [4.69, 9.17) is 0 Å². The van der Waals surface area contributed by atoms with Gasteiger partial charge in [-0.15, -0.1) is 0 Å². The highest BCUT2D eigenvalue weighted by molar-refractivity contribution is 9.10. The Bertz CT molecular complexity index is 524. The smallest absolute Gasteiger partial charge is 0.146 e. The Morgan fingerprint density at radius 3 is 2.88 bits per heavy atom. The summed E-state index contributed by atoms with van der Waals surface area (Å²) in [4.78, 5) is 4.23. The summed E-state index contributed by atoms with van der Waals surface area (Å²) in [5.41, 5.74) is 0.467. The third-order valence-electron chi connectivity index (χ3n) is 2.55. The van der Waals surface area contributed by atoms with Crippen molar-refractivity contribution in [1.82, 2.24) is 9.55 Å². The van der Waals surface area contributed by atoms with Gasteiger partial charge in [-0.2, -0.15) is 0 Å². The summed E-state index contributed by atoms with van der Waals surface area (Å²) in [7, 11) is 1.91. The third kappa shape index (κ3) is 2.66. The summed E-state index contributed by atoms with van der Waals surface area (Å²) in [5, 5.41) is 3.11. The number of nitrogens with zero attached hydrogens (tertiary/aromatic N) is 2. The van der Waals surface area contributed by atoms with Crippen molar-refractivity contribution in [2.75, 3.05) is 5.32 Å². The average molecular weight is 298 g/mol. The van der Waals surface area contributed by atoms with Crippen molar-refractivity contribution in [3.05, 3.63) is 46.7 Å². The normalized spacial score (nSPS) is 12.5. The second kappa shape index (κ2) is 4.87. The minimum Gasteiger partial charge on any atom is -0.373 e. The minimum atomic E-state index is -0.269. The number of aromatic nitrogens is 2. The first-order valence-electron chi connectivity index (χ1n) is 5.26. The molecule has 1 atom stereocenters. The van der Waals surface area contributed by atoms with E-state index in [1.165, 1.54) is 6.07 Å². The fourth-order valence-electron chi connectivity index (χ4n) is 1.70. The van der Waals surface area contributed by atoms with Gasteiger partial charge >= 0.3 is 0 Å². The number of rotatable bonds is 3. The van der Waals surface area contributed by atoms with Crippen LogP contribution in [0.5, 0.6) is 0 Å². The number of imidazole rings is 1. The van der Waals surface area contributed by atoms with Crippen LogP contribution in [0.25, 0.3) is 0 Å². The van der Waals surface area contributed by atoms with Gasteiger partial charge in [-0.25, -0.2) is 9.37 Å². The highest BCUT2D eigenvalue weighted by Crippen LogP contribution is 2.24. The van der Waals surface area contributed by atoms with Gasteiger partial charge in [0.1, 0.15) is 11.6 Å². The van der Waals surface area contributed by atoms with Crippen molar-refractivity contribution in [3.63, 3.8) is 0 Å². The number of benzene rings is 1. The van der Waals surface area contributed by atoms with Gasteiger partial charge < -0.3 is 9.88 Å². The van der Waals surface area contributed by atoms with Crippen LogP contribution in [-0.2, 0) is 7.05 Å². The van der Waals surface area contributed by atoms with Crippen molar-refractivity contribution in [3.8, 4) is 0 Å². The molecule has 2 rings (SSSR count). The fourth-order valence-corrected chi connectivity index (χ4v) is 2.06. The van der Waals surface area contributed by atoms with Crippen LogP contribution < -0.4 is 5.32 Å². The molecule has 0 bridgehead atoms. The largest absolute Gasteiger partial charge is 0.373 e. The number of nitrogens with one attached hydrogen (secondary N) is 1. The maximum atomic E-state index is 13.6. The van der Waals surface area contributed by atoms with Crippen LogP contribution in [0.15, 0.2) is 35.1 Å². The molecule has 1 unspecified atom stereocenters. The number of aryl methyl sites for hydroxylation is 1. The SMILES string of the molecule is CC(Nc1cc(Br)ccc1F)c1nccn1C. The lowest BCUT2D eigenvalue weighted by atomic mass is 10.2. The lowest BCUT2D eigenvalue weighted by Crippen LogP contribution is -2.12. The van der Waals surface area contributed by atoms with Gasteiger partial charge in [0.15, 0.2) is 0 Å². The van der Waals surface area contributed by atoms with Gasteiger partial charge in [0.05, 0.1) is 11.7 Å². The quantitative estimate of drug-likeness (QED) is 0.940. The third-order valence-corrected chi connectivity index (χ3v) is 3.04. The number of hydrogen-bond acceptors (Lipinski definition) is 2. The predicted molar refractivity (Wildman–Crippen MR) is 69.3 cm³/mol. The van der Waals surface area contributed by atoms with Gasteiger partial charge in [-0.1, -0.05) is 15.9 Å². The van der Waals surface area contributed by atoms with Crippen LogP contribution in [0.1, 0.15) is 18.8 Å². The Balaban J connectivity index is 2.21. The molecule has 90 valence electrons. The highest BCUT2D eigenvalue weighted by atomic mass is 79.9. The van der Waals surface area contributed by atoms with Gasteiger partial charge in [0.2, 0.25) is 0 Å². The lowest BCUT2D eigenvalue weighted by molar-refractivity contribution is 0.624. The highest BCUT2D eigenvalue weighted by Gasteiger charge is 2.12. The fraction of sp³-hybridized carbons (Fsp3) is 0.250. The molecule has 1 aromatic carbocycles. The van der Waals surface area contributed by atoms with Gasteiger partial charge in [-0.3, -0.25) is 0 Å². The Labute approximate surface area is 108 Å². The maximum absolute atomic E-state index is 13.6. The molecule has 0 saturated heterocycles. The standard InChI is InChI=1S/C12H13BrFN3/c1-8(12-15-5-6-17(12)2)16-11-7-9(13)3-4-10(11)14/h3-8,16H,1-2H3. The van der Waals surface area contributed by atoms with Gasteiger partial charge in [-0.05, 0) is 25.1 Å². The van der Waals surface area contributed by atoms with Crippen molar-refractivity contribution in [2.24, 2.45) is 7.05 Å². The second-order valence-electron chi connectivity index (χ2n) is 3.89. The molecule has 0 aliphatic carbocycles. The summed E-state index contributed by atoms with van der Waals surface area (Å²) >= 11 is 3.32. The number of hydrogen-bond donors (Lipinski definition) is 1. The monoisotopic (exact) mass is 297 g/mol. The molecule has 0 radical (unpaired) electrons. The van der Waals surface area contributed by atoms with E-state index in [1.807, 2.05) is 24.7 Å². The predicted octanol–water partition coefficient (Wildman–Crippen LogP) is 3.49. The Hall–Kier alpha value is -1.36. The molecule has 1 heterocycles. The van der Waals surface area contributed by atoms with Crippen LogP contribution >= 0.6 is 15.9 Å². The zero-order valence-electron chi connectivity index (χ0n) is 9.61. The molecular formula is C12H13BrFN3. The molecule has 3 nitrogen and oxygen atoms in total. The zero-order valence-corrected chi connectivity index (χ0v) is 11.2. The molecule has 1 aromatic heterocycles. The van der Waals surface area contributed by atoms with E-state index in [0.717, 1.165) is 10.3 Å². The van der Waals surface area contributed by atoms with Crippen LogP contribution in [-0.4, -0.2) is 9.55 Å². The van der Waals surface area contributed by atoms with Crippen LogP contribution in [0.4, 0.5) is 10.1 Å². The van der Waals surface area contributed by atoms with E-state index in [1.54, 1.807) is 18.3 Å². The molecule has 5 heteroatoms. The van der Waals surface area contributed by atoms with E-state index in [2.05, 4.69) is 26.2 Å². The Morgan fingerprint density at radius 1 is 1.47 bits per heavy atom. The maximum Gasteiger partial charge on any atom is 0.146 e. The molecule has 2 aromatic rings. The molecule has 1 N–H and O–H groups in total. The van der Waals surface area contributed by atoms with E-state index in [-0.39, 0.29) is 11.9 Å². The molecule has 0 aliphatic heterocycles. The van der Waals surface area contributed by atoms with E-state index < -0.39 is 0 Å². The molecule has 0 aliphatic rings. The number of halogens is 2. The van der Waals surface area contributed by atoms with E-state index in [9.17, 15) is 4.39 Å². The van der Waals surface area contributed by atoms with Crippen LogP contribution in [0.2, 0.25) is 0 Å². The lowest BCUT2D eigenvalue weighted by Gasteiger charge is -2.15. The number of anilines is 1. The zero-order chi connectivity index (χ0) is 12.4. The first-order chi connectivity index (χ1) is 8.08. The summed E-state index contributed by atoms with van der Waals surface area (Å²) in [6, 6.07) is 4.76. The molecular weight excluding hydrogens is 285 g/mol. The Kier molecular flexibility index (Phi) is 3.47. The van der Waals surface area contributed by atoms with Crippen LogP contribution in [0, 0.1) is 5.82 Å². The minimum absolute atomic E-state index is 0.0567. The van der Waals surface area contributed by atoms with Gasteiger partial charge in [0, 0.05) is 23.9 Å². The average Bonchev–Trinajstić information content (AvgIpc) is 2.70. The van der Waals surface area contributed by atoms with Crippen molar-refractivity contribution < 1.29 is 4.39 Å². The molecule has 0 saturated carbocycles. The summed E-state index contributed by atoms with van der Waals surface area (Å²) in [6.45, 7) is 1.95. The van der Waals surface area contributed by atoms with Crippen molar-refractivity contribution in [2.45, 2.75) is 13.0 Å².